The summed E-state index contributed by atoms with van der Waals surface area (Å²) in [4.78, 5) is 27.2. The number of benzene rings is 1. The van der Waals surface area contributed by atoms with Crippen LogP contribution >= 0.6 is 0 Å². The molecule has 1 saturated carbocycles. The van der Waals surface area contributed by atoms with E-state index in [1.807, 2.05) is 42.2 Å². The van der Waals surface area contributed by atoms with Gasteiger partial charge < -0.3 is 15.5 Å². The first kappa shape index (κ1) is 15.6. The second-order valence-electron chi connectivity index (χ2n) is 7.56. The van der Waals surface area contributed by atoms with Crippen LogP contribution in [0.2, 0.25) is 0 Å². The van der Waals surface area contributed by atoms with E-state index in [9.17, 15) is 9.59 Å². The fraction of sp³-hybridized carbons (Fsp3) is 0.579. The summed E-state index contributed by atoms with van der Waals surface area (Å²) in [5.41, 5.74) is 1.12. The zero-order chi connectivity index (χ0) is 16.7. The summed E-state index contributed by atoms with van der Waals surface area (Å²) in [5, 5.41) is 6.40. The van der Waals surface area contributed by atoms with E-state index in [4.69, 9.17) is 0 Å². The van der Waals surface area contributed by atoms with Crippen molar-refractivity contribution < 1.29 is 9.59 Å². The third kappa shape index (κ3) is 2.61. The molecule has 1 aliphatic carbocycles. The first-order valence-electron chi connectivity index (χ1n) is 9.00. The molecule has 5 nitrogen and oxygen atoms in total. The summed E-state index contributed by atoms with van der Waals surface area (Å²) < 4.78 is 0. The number of piperidine rings is 1. The molecule has 3 fully saturated rings. The van der Waals surface area contributed by atoms with Crippen LogP contribution in [-0.2, 0) is 9.59 Å². The van der Waals surface area contributed by atoms with Crippen LogP contribution in [0.15, 0.2) is 30.3 Å². The van der Waals surface area contributed by atoms with E-state index in [0.29, 0.717) is 6.42 Å². The van der Waals surface area contributed by atoms with Crippen molar-refractivity contribution in [2.45, 2.75) is 44.7 Å². The van der Waals surface area contributed by atoms with Crippen molar-refractivity contribution in [2.75, 3.05) is 18.0 Å². The van der Waals surface area contributed by atoms with Crippen molar-refractivity contribution in [3.05, 3.63) is 30.3 Å². The van der Waals surface area contributed by atoms with Gasteiger partial charge in [-0.25, -0.2) is 0 Å². The predicted octanol–water partition coefficient (Wildman–Crippen LogP) is 1.69. The van der Waals surface area contributed by atoms with Gasteiger partial charge in [0.2, 0.25) is 11.8 Å². The van der Waals surface area contributed by atoms with Gasteiger partial charge in [-0.15, -0.1) is 0 Å². The highest BCUT2D eigenvalue weighted by Gasteiger charge is 2.58. The van der Waals surface area contributed by atoms with E-state index in [1.165, 1.54) is 0 Å². The van der Waals surface area contributed by atoms with E-state index in [1.54, 1.807) is 0 Å². The van der Waals surface area contributed by atoms with Gasteiger partial charge in [0.1, 0.15) is 6.04 Å². The third-order valence-corrected chi connectivity index (χ3v) is 6.01. The molecule has 2 amide bonds. The number of nitrogens with one attached hydrogen (secondary N) is 2. The standard InChI is InChI=1S/C19H25N3O2/c1-13-11-16(18(24)22(13)14-5-3-2-4-6-14)21-17(23)15-12-19(15)7-9-20-10-8-19/h2-6,13,15-16,20H,7-12H2,1H3,(H,21,23). The molecule has 0 aromatic heterocycles. The molecule has 1 aromatic rings. The van der Waals surface area contributed by atoms with Crippen LogP contribution in [0.1, 0.15) is 32.6 Å². The summed E-state index contributed by atoms with van der Waals surface area (Å²) in [6.45, 7) is 4.05. The topological polar surface area (TPSA) is 61.4 Å². The van der Waals surface area contributed by atoms with Crippen molar-refractivity contribution in [3.63, 3.8) is 0 Å². The molecule has 2 aliphatic heterocycles. The molecule has 24 heavy (non-hydrogen) atoms. The average Bonchev–Trinajstić information content (AvgIpc) is 3.21. The molecule has 2 saturated heterocycles. The molecule has 0 radical (unpaired) electrons. The first-order valence-corrected chi connectivity index (χ1v) is 9.00. The monoisotopic (exact) mass is 327 g/mol. The molecule has 3 unspecified atom stereocenters. The Kier molecular flexibility index (Phi) is 3.83. The summed E-state index contributed by atoms with van der Waals surface area (Å²) in [5.74, 6) is 0.202. The molecular formula is C19H25N3O2. The van der Waals surface area contributed by atoms with E-state index in [2.05, 4.69) is 10.6 Å². The summed E-state index contributed by atoms with van der Waals surface area (Å²) in [6.07, 6.45) is 3.83. The number of nitrogens with zero attached hydrogens (tertiary/aromatic N) is 1. The van der Waals surface area contributed by atoms with Crippen LogP contribution in [0.3, 0.4) is 0 Å². The normalized spacial score (nSPS) is 31.3. The van der Waals surface area contributed by atoms with Crippen LogP contribution in [0.4, 0.5) is 5.69 Å². The Balaban J connectivity index is 1.41. The second-order valence-corrected chi connectivity index (χ2v) is 7.56. The maximum Gasteiger partial charge on any atom is 0.249 e. The Labute approximate surface area is 142 Å². The Hall–Kier alpha value is -1.88. The highest BCUT2D eigenvalue weighted by Crippen LogP contribution is 2.58. The fourth-order valence-electron chi connectivity index (χ4n) is 4.49. The highest BCUT2D eigenvalue weighted by atomic mass is 16.2. The number of rotatable bonds is 3. The van der Waals surface area contributed by atoms with Gasteiger partial charge in [0.25, 0.3) is 0 Å². The molecule has 2 heterocycles. The minimum absolute atomic E-state index is 0.0158. The number of anilines is 1. The summed E-state index contributed by atoms with van der Waals surface area (Å²) >= 11 is 0. The van der Waals surface area contributed by atoms with Crippen LogP contribution in [0.5, 0.6) is 0 Å². The quantitative estimate of drug-likeness (QED) is 0.888. The van der Waals surface area contributed by atoms with Gasteiger partial charge in [0.05, 0.1) is 0 Å². The van der Waals surface area contributed by atoms with Gasteiger partial charge in [0, 0.05) is 17.6 Å². The molecular weight excluding hydrogens is 302 g/mol. The van der Waals surface area contributed by atoms with Crippen molar-refractivity contribution in [1.82, 2.24) is 10.6 Å². The molecule has 3 aliphatic rings. The molecule has 5 heteroatoms. The maximum absolute atomic E-state index is 12.8. The lowest BCUT2D eigenvalue weighted by atomic mass is 9.91. The molecule has 1 spiro atoms. The zero-order valence-corrected chi connectivity index (χ0v) is 14.1. The van der Waals surface area contributed by atoms with E-state index in [0.717, 1.165) is 38.0 Å². The van der Waals surface area contributed by atoms with Crippen LogP contribution < -0.4 is 15.5 Å². The molecule has 4 rings (SSSR count). The molecule has 3 atom stereocenters. The third-order valence-electron chi connectivity index (χ3n) is 6.01. The smallest absolute Gasteiger partial charge is 0.249 e. The van der Waals surface area contributed by atoms with Gasteiger partial charge in [-0.2, -0.15) is 0 Å². The lowest BCUT2D eigenvalue weighted by Crippen LogP contribution is -2.43. The zero-order valence-electron chi connectivity index (χ0n) is 14.1. The number of hydrogen-bond donors (Lipinski definition) is 2. The van der Waals surface area contributed by atoms with E-state index >= 15 is 0 Å². The minimum Gasteiger partial charge on any atom is -0.344 e. The Bertz CT molecular complexity index is 639. The van der Waals surface area contributed by atoms with Gasteiger partial charge in [-0.3, -0.25) is 9.59 Å². The highest BCUT2D eigenvalue weighted by molar-refractivity contribution is 6.02. The molecule has 2 N–H and O–H groups in total. The predicted molar refractivity (Wildman–Crippen MR) is 92.6 cm³/mol. The van der Waals surface area contributed by atoms with E-state index < -0.39 is 0 Å². The van der Waals surface area contributed by atoms with Gasteiger partial charge in [-0.05, 0) is 63.2 Å². The Morgan fingerprint density at radius 2 is 1.96 bits per heavy atom. The minimum atomic E-state index is -0.382. The lowest BCUT2D eigenvalue weighted by molar-refractivity contribution is -0.128. The fourth-order valence-corrected chi connectivity index (χ4v) is 4.49. The first-order chi connectivity index (χ1) is 11.6. The molecule has 0 bridgehead atoms. The van der Waals surface area contributed by atoms with Crippen molar-refractivity contribution in [2.24, 2.45) is 11.3 Å². The van der Waals surface area contributed by atoms with Crippen molar-refractivity contribution in [3.8, 4) is 0 Å². The average molecular weight is 327 g/mol. The number of carbonyl (C=O) groups excluding carboxylic acids is 2. The molecule has 1 aromatic carbocycles. The van der Waals surface area contributed by atoms with Gasteiger partial charge in [-0.1, -0.05) is 18.2 Å². The Morgan fingerprint density at radius 3 is 2.67 bits per heavy atom. The second kappa shape index (κ2) is 5.88. The SMILES string of the molecule is CC1CC(NC(=O)C2CC23CCNCC3)C(=O)N1c1ccccc1. The van der Waals surface area contributed by atoms with Crippen LogP contribution in [0.25, 0.3) is 0 Å². The number of carbonyl (C=O) groups is 2. The van der Waals surface area contributed by atoms with Crippen LogP contribution in [-0.4, -0.2) is 37.0 Å². The summed E-state index contributed by atoms with van der Waals surface area (Å²) in [7, 11) is 0. The van der Waals surface area contributed by atoms with Crippen molar-refractivity contribution >= 4 is 17.5 Å². The number of amides is 2. The maximum atomic E-state index is 12.8. The molecule has 128 valence electrons. The van der Waals surface area contributed by atoms with Gasteiger partial charge in [0.15, 0.2) is 0 Å². The van der Waals surface area contributed by atoms with Gasteiger partial charge >= 0.3 is 0 Å². The number of hydrogen-bond acceptors (Lipinski definition) is 3. The Morgan fingerprint density at radius 1 is 1.25 bits per heavy atom. The largest absolute Gasteiger partial charge is 0.344 e. The summed E-state index contributed by atoms with van der Waals surface area (Å²) in [6, 6.07) is 9.44. The van der Waals surface area contributed by atoms with Crippen molar-refractivity contribution in [1.29, 1.82) is 0 Å². The lowest BCUT2D eigenvalue weighted by Gasteiger charge is -2.23. The number of para-hydroxylation sites is 1. The van der Waals surface area contributed by atoms with Crippen LogP contribution in [0, 0.1) is 11.3 Å². The van der Waals surface area contributed by atoms with E-state index in [-0.39, 0.29) is 35.2 Å².